The molecular formula is C21H34N4O4S. The molecule has 2 N–H and O–H groups in total. The van der Waals surface area contributed by atoms with E-state index in [1.54, 1.807) is 38.7 Å². The Hall–Kier alpha value is -1.97. The summed E-state index contributed by atoms with van der Waals surface area (Å²) in [7, 11) is -3.72. The van der Waals surface area contributed by atoms with Gasteiger partial charge in [-0.05, 0) is 51.8 Å². The second-order valence-electron chi connectivity index (χ2n) is 8.75. The van der Waals surface area contributed by atoms with E-state index in [0.29, 0.717) is 44.8 Å². The van der Waals surface area contributed by atoms with Crippen molar-refractivity contribution in [3.8, 4) is 0 Å². The first-order valence-corrected chi connectivity index (χ1v) is 11.8. The molecule has 0 unspecified atom stereocenters. The molecule has 30 heavy (non-hydrogen) atoms. The largest absolute Gasteiger partial charge is 0.355 e. The number of hydrogen-bond donors (Lipinski definition) is 2. The van der Waals surface area contributed by atoms with Crippen LogP contribution in [-0.2, 0) is 14.8 Å². The number of hydrogen-bond acceptors (Lipinski definition) is 5. The number of piperazine rings is 1. The molecule has 168 valence electrons. The zero-order valence-corrected chi connectivity index (χ0v) is 19.4. The summed E-state index contributed by atoms with van der Waals surface area (Å²) in [5.41, 5.74) is 0.505. The third-order valence-electron chi connectivity index (χ3n) is 4.79. The summed E-state index contributed by atoms with van der Waals surface area (Å²) in [4.78, 5) is 28.8. The molecule has 1 saturated heterocycles. The zero-order valence-electron chi connectivity index (χ0n) is 18.6. The average molecular weight is 439 g/mol. The minimum atomic E-state index is -3.72. The molecule has 0 radical (unpaired) electrons. The smallest absolute Gasteiger partial charge is 0.254 e. The van der Waals surface area contributed by atoms with Gasteiger partial charge in [-0.1, -0.05) is 13.0 Å². The van der Waals surface area contributed by atoms with Crippen LogP contribution in [0.5, 0.6) is 0 Å². The van der Waals surface area contributed by atoms with Gasteiger partial charge in [-0.25, -0.2) is 13.1 Å². The lowest BCUT2D eigenvalue weighted by molar-refractivity contribution is -0.122. The average Bonchev–Trinajstić information content (AvgIpc) is 2.64. The molecule has 0 spiro atoms. The number of nitrogens with one attached hydrogen (secondary N) is 2. The van der Waals surface area contributed by atoms with Crippen molar-refractivity contribution in [2.24, 2.45) is 0 Å². The van der Waals surface area contributed by atoms with Gasteiger partial charge >= 0.3 is 0 Å². The molecule has 1 aromatic rings. The molecule has 0 aliphatic carbocycles. The van der Waals surface area contributed by atoms with E-state index in [-0.39, 0.29) is 16.7 Å². The highest BCUT2D eigenvalue weighted by atomic mass is 32.2. The van der Waals surface area contributed by atoms with Crippen molar-refractivity contribution in [1.82, 2.24) is 19.8 Å². The minimum absolute atomic E-state index is 0.00303. The second-order valence-corrected chi connectivity index (χ2v) is 10.4. The van der Waals surface area contributed by atoms with Gasteiger partial charge in [-0.15, -0.1) is 0 Å². The van der Waals surface area contributed by atoms with E-state index in [1.807, 2.05) is 11.8 Å². The molecule has 2 amide bonds. The predicted molar refractivity (Wildman–Crippen MR) is 117 cm³/mol. The maximum absolute atomic E-state index is 13.1. The van der Waals surface area contributed by atoms with Gasteiger partial charge in [0.05, 0.1) is 11.4 Å². The number of carbonyl (C=O) groups excluding carboxylic acids is 2. The summed E-state index contributed by atoms with van der Waals surface area (Å²) in [6.07, 6.45) is 0.896. The van der Waals surface area contributed by atoms with Crippen LogP contribution in [0.25, 0.3) is 0 Å². The van der Waals surface area contributed by atoms with Crippen molar-refractivity contribution in [2.45, 2.75) is 51.5 Å². The van der Waals surface area contributed by atoms with Crippen LogP contribution in [0.2, 0.25) is 0 Å². The van der Waals surface area contributed by atoms with Gasteiger partial charge in [0, 0.05) is 43.8 Å². The lowest BCUT2D eigenvalue weighted by Crippen LogP contribution is -2.51. The van der Waals surface area contributed by atoms with Crippen molar-refractivity contribution >= 4 is 21.8 Å². The van der Waals surface area contributed by atoms with Crippen molar-refractivity contribution in [1.29, 1.82) is 0 Å². The highest BCUT2D eigenvalue weighted by Gasteiger charge is 2.27. The number of amides is 2. The lowest BCUT2D eigenvalue weighted by atomic mass is 10.1. The first-order valence-electron chi connectivity index (χ1n) is 10.4. The van der Waals surface area contributed by atoms with E-state index in [2.05, 4.69) is 10.0 Å². The van der Waals surface area contributed by atoms with Gasteiger partial charge in [0.1, 0.15) is 0 Å². The van der Waals surface area contributed by atoms with Gasteiger partial charge in [-0.3, -0.25) is 14.5 Å². The SMILES string of the molecule is CCCNC(=O)CN1CCN(C(=O)c2cc(S(=O)(=O)NC(C)(C)C)ccc2C)CC1. The van der Waals surface area contributed by atoms with Gasteiger partial charge < -0.3 is 10.2 Å². The molecule has 1 aliphatic rings. The molecule has 1 heterocycles. The topological polar surface area (TPSA) is 98.8 Å². The van der Waals surface area contributed by atoms with Crippen LogP contribution in [0.15, 0.2) is 23.1 Å². The molecule has 0 atom stereocenters. The third kappa shape index (κ3) is 6.78. The second kappa shape index (κ2) is 9.89. The number of aryl methyl sites for hydroxylation is 1. The predicted octanol–water partition coefficient (Wildman–Crippen LogP) is 1.36. The Balaban J connectivity index is 2.07. The number of nitrogens with zero attached hydrogens (tertiary/aromatic N) is 2. The van der Waals surface area contributed by atoms with Crippen molar-refractivity contribution in [3.05, 3.63) is 29.3 Å². The fourth-order valence-electron chi connectivity index (χ4n) is 3.26. The third-order valence-corrected chi connectivity index (χ3v) is 6.54. The van der Waals surface area contributed by atoms with Gasteiger partial charge in [0.25, 0.3) is 5.91 Å². The van der Waals surface area contributed by atoms with Crippen LogP contribution < -0.4 is 10.0 Å². The molecule has 0 saturated carbocycles. The quantitative estimate of drug-likeness (QED) is 0.670. The fourth-order valence-corrected chi connectivity index (χ4v) is 4.71. The first-order chi connectivity index (χ1) is 13.9. The fraction of sp³-hybridized carbons (Fsp3) is 0.619. The van der Waals surface area contributed by atoms with E-state index in [1.165, 1.54) is 12.1 Å². The lowest BCUT2D eigenvalue weighted by Gasteiger charge is -2.34. The molecule has 8 nitrogen and oxygen atoms in total. The first kappa shape index (κ1) is 24.3. The molecule has 0 aromatic heterocycles. The summed E-state index contributed by atoms with van der Waals surface area (Å²) in [5.74, 6) is -0.188. The van der Waals surface area contributed by atoms with Crippen LogP contribution in [0, 0.1) is 6.92 Å². The summed E-state index contributed by atoms with van der Waals surface area (Å²) >= 11 is 0. The Labute approximate surface area is 180 Å². The number of benzene rings is 1. The van der Waals surface area contributed by atoms with Crippen LogP contribution in [0.4, 0.5) is 0 Å². The Morgan fingerprint density at radius 3 is 2.30 bits per heavy atom. The Morgan fingerprint density at radius 2 is 1.73 bits per heavy atom. The molecular weight excluding hydrogens is 404 g/mol. The van der Waals surface area contributed by atoms with E-state index < -0.39 is 15.6 Å². The van der Waals surface area contributed by atoms with E-state index in [0.717, 1.165) is 12.0 Å². The van der Waals surface area contributed by atoms with Crippen LogP contribution in [0.3, 0.4) is 0 Å². The molecule has 1 aliphatic heterocycles. The van der Waals surface area contributed by atoms with Crippen LogP contribution in [-0.4, -0.2) is 74.8 Å². The molecule has 1 aromatic carbocycles. The summed E-state index contributed by atoms with van der Waals surface area (Å²) in [6.45, 7) is 12.3. The molecule has 2 rings (SSSR count). The molecule has 9 heteroatoms. The monoisotopic (exact) mass is 438 g/mol. The highest BCUT2D eigenvalue weighted by molar-refractivity contribution is 7.89. The highest BCUT2D eigenvalue weighted by Crippen LogP contribution is 2.20. The maximum atomic E-state index is 13.1. The summed E-state index contributed by atoms with van der Waals surface area (Å²) in [6, 6.07) is 4.64. The summed E-state index contributed by atoms with van der Waals surface area (Å²) in [5, 5.41) is 2.86. The molecule has 0 bridgehead atoms. The zero-order chi connectivity index (χ0) is 22.5. The van der Waals surface area contributed by atoms with Gasteiger partial charge in [0.15, 0.2) is 0 Å². The minimum Gasteiger partial charge on any atom is -0.355 e. The van der Waals surface area contributed by atoms with E-state index >= 15 is 0 Å². The number of carbonyl (C=O) groups is 2. The van der Waals surface area contributed by atoms with Gasteiger partial charge in [-0.2, -0.15) is 0 Å². The number of sulfonamides is 1. The van der Waals surface area contributed by atoms with Crippen LogP contribution >= 0.6 is 0 Å². The maximum Gasteiger partial charge on any atom is 0.254 e. The number of rotatable bonds is 7. The van der Waals surface area contributed by atoms with Crippen molar-refractivity contribution in [3.63, 3.8) is 0 Å². The Bertz CT molecular complexity index is 869. The van der Waals surface area contributed by atoms with Crippen molar-refractivity contribution < 1.29 is 18.0 Å². The van der Waals surface area contributed by atoms with Gasteiger partial charge in [0.2, 0.25) is 15.9 Å². The normalized spacial score (nSPS) is 15.8. The van der Waals surface area contributed by atoms with E-state index in [4.69, 9.17) is 0 Å². The standard InChI is InChI=1S/C21H34N4O4S/c1-6-9-22-19(26)15-24-10-12-25(13-11-24)20(27)18-14-17(8-7-16(18)2)30(28,29)23-21(3,4)5/h7-8,14,23H,6,9-13,15H2,1-5H3,(H,22,26). The van der Waals surface area contributed by atoms with Crippen LogP contribution in [0.1, 0.15) is 50.0 Å². The Morgan fingerprint density at radius 1 is 1.10 bits per heavy atom. The van der Waals surface area contributed by atoms with E-state index in [9.17, 15) is 18.0 Å². The molecule has 1 fully saturated rings. The van der Waals surface area contributed by atoms with Crippen molar-refractivity contribution in [2.75, 3.05) is 39.3 Å². The summed E-state index contributed by atoms with van der Waals surface area (Å²) < 4.78 is 27.9. The Kier molecular flexibility index (Phi) is 8.01.